The molecule has 1 fully saturated rings. The zero-order valence-electron chi connectivity index (χ0n) is 13.8. The lowest BCUT2D eigenvalue weighted by Crippen LogP contribution is -2.30. The summed E-state index contributed by atoms with van der Waals surface area (Å²) in [7, 11) is -3.98. The molecule has 2 aromatic carbocycles. The normalized spacial score (nSPS) is 18.4. The molecule has 0 unspecified atom stereocenters. The van der Waals surface area contributed by atoms with Crippen molar-refractivity contribution in [1.29, 1.82) is 0 Å². The summed E-state index contributed by atoms with van der Waals surface area (Å²) in [5.41, 5.74) is 0.835. The maximum absolute atomic E-state index is 13.4. The fraction of sp³-hybridized carbons (Fsp3) is 0.333. The van der Waals surface area contributed by atoms with E-state index in [9.17, 15) is 17.2 Å². The molecule has 0 radical (unpaired) electrons. The van der Waals surface area contributed by atoms with E-state index in [0.29, 0.717) is 37.8 Å². The van der Waals surface area contributed by atoms with E-state index in [-0.39, 0.29) is 10.9 Å². The van der Waals surface area contributed by atoms with Crippen LogP contribution in [0.5, 0.6) is 5.75 Å². The van der Waals surface area contributed by atoms with Gasteiger partial charge in [0, 0.05) is 12.6 Å². The Morgan fingerprint density at radius 2 is 1.76 bits per heavy atom. The van der Waals surface area contributed by atoms with Gasteiger partial charge in [-0.1, -0.05) is 12.1 Å². The molecule has 3 rings (SSSR count). The van der Waals surface area contributed by atoms with Crippen LogP contribution in [0, 0.1) is 11.6 Å². The molecule has 0 saturated carbocycles. The van der Waals surface area contributed by atoms with Gasteiger partial charge < -0.3 is 4.74 Å². The second-order valence-electron chi connectivity index (χ2n) is 5.88. The number of hydrogen-bond donors (Lipinski definition) is 0. The van der Waals surface area contributed by atoms with Crippen LogP contribution in [0.25, 0.3) is 0 Å². The molecule has 25 heavy (non-hydrogen) atoms. The van der Waals surface area contributed by atoms with Crippen molar-refractivity contribution in [3.63, 3.8) is 0 Å². The van der Waals surface area contributed by atoms with Crippen LogP contribution in [-0.4, -0.2) is 25.9 Å². The van der Waals surface area contributed by atoms with Crippen molar-refractivity contribution in [2.75, 3.05) is 13.2 Å². The number of hydrogen-bond acceptors (Lipinski definition) is 3. The molecule has 0 spiro atoms. The molecular formula is C18H19F2NO3S. The van der Waals surface area contributed by atoms with E-state index in [1.54, 1.807) is 12.1 Å². The van der Waals surface area contributed by atoms with Gasteiger partial charge >= 0.3 is 0 Å². The Labute approximate surface area is 146 Å². The van der Waals surface area contributed by atoms with Gasteiger partial charge in [0.25, 0.3) is 0 Å². The highest BCUT2D eigenvalue weighted by Crippen LogP contribution is 2.37. The summed E-state index contributed by atoms with van der Waals surface area (Å²) in [5.74, 6) is -1.10. The van der Waals surface area contributed by atoms with Crippen LogP contribution in [0.4, 0.5) is 8.78 Å². The summed E-state index contributed by atoms with van der Waals surface area (Å²) < 4.78 is 59.3. The summed E-state index contributed by atoms with van der Waals surface area (Å²) >= 11 is 0. The number of benzene rings is 2. The van der Waals surface area contributed by atoms with E-state index in [4.69, 9.17) is 4.74 Å². The van der Waals surface area contributed by atoms with Gasteiger partial charge in [0.15, 0.2) is 0 Å². The first kappa shape index (κ1) is 17.8. The number of nitrogens with zero attached hydrogens (tertiary/aromatic N) is 1. The maximum atomic E-state index is 13.4. The Bertz CT molecular complexity index is 833. The third-order valence-corrected chi connectivity index (χ3v) is 6.11. The second-order valence-corrected chi connectivity index (χ2v) is 7.77. The summed E-state index contributed by atoms with van der Waals surface area (Å²) in [6.45, 7) is 2.75. The van der Waals surface area contributed by atoms with E-state index >= 15 is 0 Å². The van der Waals surface area contributed by atoms with Gasteiger partial charge in [0.05, 0.1) is 17.5 Å². The van der Waals surface area contributed by atoms with Crippen molar-refractivity contribution < 1.29 is 21.9 Å². The number of sulfonamides is 1. The van der Waals surface area contributed by atoms with Crippen LogP contribution < -0.4 is 4.74 Å². The minimum Gasteiger partial charge on any atom is -0.494 e. The first-order valence-corrected chi connectivity index (χ1v) is 9.56. The van der Waals surface area contributed by atoms with Crippen molar-refractivity contribution in [2.45, 2.75) is 30.7 Å². The molecule has 0 aromatic heterocycles. The molecule has 1 aliphatic rings. The van der Waals surface area contributed by atoms with Gasteiger partial charge in [0.1, 0.15) is 17.4 Å². The number of ether oxygens (including phenoxy) is 1. The molecule has 0 amide bonds. The van der Waals surface area contributed by atoms with Crippen molar-refractivity contribution in [3.05, 3.63) is 59.7 Å². The highest BCUT2D eigenvalue weighted by Gasteiger charge is 2.36. The molecule has 0 bridgehead atoms. The first-order valence-electron chi connectivity index (χ1n) is 8.12. The van der Waals surface area contributed by atoms with Crippen LogP contribution >= 0.6 is 0 Å². The van der Waals surface area contributed by atoms with Gasteiger partial charge in [-0.2, -0.15) is 4.31 Å². The summed E-state index contributed by atoms with van der Waals surface area (Å²) in [4.78, 5) is -0.358. The monoisotopic (exact) mass is 367 g/mol. The standard InChI is InChI=1S/C18H19F2NO3S/c1-2-24-16-7-5-13(6-8-16)18-4-3-9-21(18)25(22,23)17-11-14(19)10-15(20)12-17/h5-8,10-12,18H,2-4,9H2,1H3/t18-/m1/s1. The molecule has 4 nitrogen and oxygen atoms in total. The van der Waals surface area contributed by atoms with Crippen molar-refractivity contribution in [3.8, 4) is 5.75 Å². The Morgan fingerprint density at radius 1 is 1.12 bits per heavy atom. The minimum atomic E-state index is -3.98. The molecule has 7 heteroatoms. The SMILES string of the molecule is CCOc1ccc([C@H]2CCCN2S(=O)(=O)c2cc(F)cc(F)c2)cc1. The molecule has 1 atom stereocenters. The van der Waals surface area contributed by atoms with Crippen LogP contribution in [0.2, 0.25) is 0 Å². The first-order chi connectivity index (χ1) is 11.9. The lowest BCUT2D eigenvalue weighted by Gasteiger charge is -2.24. The molecule has 1 aliphatic heterocycles. The van der Waals surface area contributed by atoms with Gasteiger partial charge in [-0.05, 0) is 49.6 Å². The average Bonchev–Trinajstić information content (AvgIpc) is 3.05. The van der Waals surface area contributed by atoms with E-state index < -0.39 is 21.7 Å². The van der Waals surface area contributed by atoms with E-state index in [2.05, 4.69) is 0 Å². The lowest BCUT2D eigenvalue weighted by molar-refractivity contribution is 0.339. The zero-order valence-corrected chi connectivity index (χ0v) is 14.6. The molecule has 0 aliphatic carbocycles. The third-order valence-electron chi connectivity index (χ3n) is 4.22. The predicted octanol–water partition coefficient (Wildman–Crippen LogP) is 3.89. The molecule has 0 N–H and O–H groups in total. The largest absolute Gasteiger partial charge is 0.494 e. The molecule has 1 saturated heterocycles. The summed E-state index contributed by atoms with van der Waals surface area (Å²) in [6.07, 6.45) is 1.35. The van der Waals surface area contributed by atoms with Gasteiger partial charge in [0.2, 0.25) is 10.0 Å². The molecule has 2 aromatic rings. The fourth-order valence-electron chi connectivity index (χ4n) is 3.13. The molecule has 1 heterocycles. The zero-order chi connectivity index (χ0) is 18.0. The average molecular weight is 367 g/mol. The predicted molar refractivity (Wildman–Crippen MR) is 89.8 cm³/mol. The van der Waals surface area contributed by atoms with Crippen LogP contribution in [0.3, 0.4) is 0 Å². The van der Waals surface area contributed by atoms with Gasteiger partial charge in [-0.15, -0.1) is 0 Å². The summed E-state index contributed by atoms with van der Waals surface area (Å²) in [5, 5.41) is 0. The smallest absolute Gasteiger partial charge is 0.243 e. The van der Waals surface area contributed by atoms with E-state index in [1.807, 2.05) is 19.1 Å². The minimum absolute atomic E-state index is 0.318. The van der Waals surface area contributed by atoms with E-state index in [1.165, 1.54) is 4.31 Å². The Balaban J connectivity index is 1.92. The summed E-state index contributed by atoms with van der Waals surface area (Å²) in [6, 6.07) is 9.26. The van der Waals surface area contributed by atoms with E-state index in [0.717, 1.165) is 17.7 Å². The molecule has 134 valence electrons. The Morgan fingerprint density at radius 3 is 2.36 bits per heavy atom. The topological polar surface area (TPSA) is 46.6 Å². The van der Waals surface area contributed by atoms with Crippen LogP contribution in [0.15, 0.2) is 47.4 Å². The number of halogens is 2. The van der Waals surface area contributed by atoms with Gasteiger partial charge in [-0.25, -0.2) is 17.2 Å². The van der Waals surface area contributed by atoms with Crippen LogP contribution in [-0.2, 0) is 10.0 Å². The number of rotatable bonds is 5. The van der Waals surface area contributed by atoms with Crippen molar-refractivity contribution in [1.82, 2.24) is 4.31 Å². The van der Waals surface area contributed by atoms with Crippen LogP contribution in [0.1, 0.15) is 31.4 Å². The second kappa shape index (κ2) is 7.09. The quantitative estimate of drug-likeness (QED) is 0.805. The highest BCUT2D eigenvalue weighted by atomic mass is 32.2. The molecular weight excluding hydrogens is 348 g/mol. The Hall–Kier alpha value is -1.99. The maximum Gasteiger partial charge on any atom is 0.243 e. The fourth-order valence-corrected chi connectivity index (χ4v) is 4.85. The van der Waals surface area contributed by atoms with Crippen molar-refractivity contribution in [2.24, 2.45) is 0 Å². The Kier molecular flexibility index (Phi) is 5.06. The highest BCUT2D eigenvalue weighted by molar-refractivity contribution is 7.89. The third kappa shape index (κ3) is 3.67. The lowest BCUT2D eigenvalue weighted by atomic mass is 10.1. The van der Waals surface area contributed by atoms with Crippen molar-refractivity contribution >= 4 is 10.0 Å². The van der Waals surface area contributed by atoms with Gasteiger partial charge in [-0.3, -0.25) is 0 Å².